The highest BCUT2D eigenvalue weighted by Crippen LogP contribution is 2.18. The highest BCUT2D eigenvalue weighted by atomic mass is 32.1. The standard InChI is InChI=1S/C24H31N5OS/c1-4-28(5-2)21(15-19-11-7-6-8-12-19)16-25-22(30)17-29-23(26-27-24(29)31)20-13-9-10-18(3)14-20/h6-14,21H,4-5,15-17H2,1-3H3,(H,25,30)(H,27,31). The van der Waals surface area contributed by atoms with E-state index in [1.165, 1.54) is 5.56 Å². The summed E-state index contributed by atoms with van der Waals surface area (Å²) in [7, 11) is 0. The third-order valence-corrected chi connectivity index (χ3v) is 5.83. The van der Waals surface area contributed by atoms with Crippen LogP contribution < -0.4 is 5.32 Å². The lowest BCUT2D eigenvalue weighted by Gasteiger charge is -2.30. The molecule has 31 heavy (non-hydrogen) atoms. The van der Waals surface area contributed by atoms with Gasteiger partial charge in [0.2, 0.25) is 5.91 Å². The zero-order chi connectivity index (χ0) is 22.2. The molecule has 3 rings (SSSR count). The van der Waals surface area contributed by atoms with Crippen LogP contribution in [0.2, 0.25) is 0 Å². The molecule has 0 spiro atoms. The van der Waals surface area contributed by atoms with Gasteiger partial charge >= 0.3 is 0 Å². The van der Waals surface area contributed by atoms with Crippen molar-refractivity contribution in [1.82, 2.24) is 25.0 Å². The average molecular weight is 438 g/mol. The van der Waals surface area contributed by atoms with Gasteiger partial charge in [0.1, 0.15) is 6.54 Å². The average Bonchev–Trinajstić information content (AvgIpc) is 3.13. The van der Waals surface area contributed by atoms with E-state index in [4.69, 9.17) is 12.2 Å². The predicted molar refractivity (Wildman–Crippen MR) is 127 cm³/mol. The Balaban J connectivity index is 1.69. The Morgan fingerprint density at radius 1 is 1.16 bits per heavy atom. The molecule has 0 bridgehead atoms. The lowest BCUT2D eigenvalue weighted by molar-refractivity contribution is -0.121. The summed E-state index contributed by atoms with van der Waals surface area (Å²) < 4.78 is 2.19. The topological polar surface area (TPSA) is 66.0 Å². The third kappa shape index (κ3) is 6.12. The maximum absolute atomic E-state index is 12.8. The molecule has 0 aliphatic heterocycles. The molecule has 7 heteroatoms. The number of nitrogens with zero attached hydrogens (tertiary/aromatic N) is 3. The fourth-order valence-corrected chi connectivity index (χ4v) is 4.05. The van der Waals surface area contributed by atoms with E-state index < -0.39 is 0 Å². The minimum absolute atomic E-state index is 0.0726. The van der Waals surface area contributed by atoms with Crippen LogP contribution in [-0.4, -0.2) is 51.2 Å². The van der Waals surface area contributed by atoms with E-state index in [0.717, 1.165) is 30.6 Å². The number of likely N-dealkylation sites (N-methyl/N-ethyl adjacent to an activating group) is 1. The lowest BCUT2D eigenvalue weighted by atomic mass is 10.0. The molecule has 3 aromatic rings. The van der Waals surface area contributed by atoms with E-state index in [0.29, 0.717) is 17.1 Å². The predicted octanol–water partition coefficient (Wildman–Crippen LogP) is 3.99. The first-order chi connectivity index (χ1) is 15.0. The molecule has 0 fully saturated rings. The molecule has 1 aromatic heterocycles. The molecule has 1 atom stereocenters. The molecule has 2 aromatic carbocycles. The minimum atomic E-state index is -0.0726. The number of nitrogens with one attached hydrogen (secondary N) is 2. The van der Waals surface area contributed by atoms with Gasteiger partial charge in [-0.3, -0.25) is 19.4 Å². The summed E-state index contributed by atoms with van der Waals surface area (Å²) >= 11 is 5.38. The van der Waals surface area contributed by atoms with Gasteiger partial charge < -0.3 is 5.32 Å². The number of hydrogen-bond donors (Lipinski definition) is 2. The number of benzene rings is 2. The number of aromatic nitrogens is 3. The Hall–Kier alpha value is -2.77. The molecule has 164 valence electrons. The minimum Gasteiger partial charge on any atom is -0.353 e. The number of carbonyl (C=O) groups is 1. The first kappa shape index (κ1) is 22.9. The summed E-state index contributed by atoms with van der Waals surface area (Å²) in [5.41, 5.74) is 3.34. The zero-order valence-corrected chi connectivity index (χ0v) is 19.3. The van der Waals surface area contributed by atoms with Gasteiger partial charge in [-0.1, -0.05) is 67.9 Å². The van der Waals surface area contributed by atoms with Gasteiger partial charge in [0.05, 0.1) is 0 Å². The molecule has 1 amide bonds. The lowest BCUT2D eigenvalue weighted by Crippen LogP contribution is -2.45. The summed E-state index contributed by atoms with van der Waals surface area (Å²) in [6, 6.07) is 18.7. The van der Waals surface area contributed by atoms with Gasteiger partial charge in [-0.25, -0.2) is 0 Å². The van der Waals surface area contributed by atoms with Crippen molar-refractivity contribution in [2.45, 2.75) is 39.8 Å². The number of amides is 1. The summed E-state index contributed by atoms with van der Waals surface area (Å²) in [6.07, 6.45) is 0.891. The highest BCUT2D eigenvalue weighted by Gasteiger charge is 2.18. The maximum Gasteiger partial charge on any atom is 0.240 e. The van der Waals surface area contributed by atoms with Crippen LogP contribution in [0.3, 0.4) is 0 Å². The van der Waals surface area contributed by atoms with E-state index in [-0.39, 0.29) is 18.5 Å². The molecular formula is C24H31N5OS. The molecule has 6 nitrogen and oxygen atoms in total. The smallest absolute Gasteiger partial charge is 0.240 e. The second-order valence-electron chi connectivity index (χ2n) is 7.68. The first-order valence-electron chi connectivity index (χ1n) is 10.8. The van der Waals surface area contributed by atoms with Crippen LogP contribution in [0.15, 0.2) is 54.6 Å². The van der Waals surface area contributed by atoms with Crippen molar-refractivity contribution in [3.8, 4) is 11.4 Å². The summed E-state index contributed by atoms with van der Waals surface area (Å²) in [5.74, 6) is 0.602. The van der Waals surface area contributed by atoms with E-state index in [2.05, 4.69) is 58.5 Å². The first-order valence-corrected chi connectivity index (χ1v) is 11.2. The summed E-state index contributed by atoms with van der Waals surface area (Å²) in [5, 5.41) is 10.3. The number of aromatic amines is 1. The van der Waals surface area contributed by atoms with Crippen molar-refractivity contribution in [2.24, 2.45) is 0 Å². The van der Waals surface area contributed by atoms with Crippen molar-refractivity contribution in [2.75, 3.05) is 19.6 Å². The van der Waals surface area contributed by atoms with Crippen molar-refractivity contribution >= 4 is 18.1 Å². The second kappa shape index (κ2) is 11.0. The molecular weight excluding hydrogens is 406 g/mol. The fraction of sp³-hybridized carbons (Fsp3) is 0.375. The van der Waals surface area contributed by atoms with Gasteiger partial charge in [-0.2, -0.15) is 5.10 Å². The monoisotopic (exact) mass is 437 g/mol. The van der Waals surface area contributed by atoms with Crippen molar-refractivity contribution in [1.29, 1.82) is 0 Å². The van der Waals surface area contributed by atoms with E-state index >= 15 is 0 Å². The molecule has 1 unspecified atom stereocenters. The van der Waals surface area contributed by atoms with Crippen LogP contribution in [0.25, 0.3) is 11.4 Å². The molecule has 0 saturated carbocycles. The number of hydrogen-bond acceptors (Lipinski definition) is 4. The number of rotatable bonds is 10. The molecule has 2 N–H and O–H groups in total. The zero-order valence-electron chi connectivity index (χ0n) is 18.5. The SMILES string of the molecule is CCN(CC)C(CNC(=O)Cn1c(-c2cccc(C)c2)n[nH]c1=S)Cc1ccccc1. The highest BCUT2D eigenvalue weighted by molar-refractivity contribution is 7.71. The van der Waals surface area contributed by atoms with Crippen LogP contribution >= 0.6 is 12.2 Å². The third-order valence-electron chi connectivity index (χ3n) is 5.51. The van der Waals surface area contributed by atoms with Crippen LogP contribution in [0.5, 0.6) is 0 Å². The molecule has 0 aliphatic carbocycles. The Bertz CT molecular complexity index is 1040. The van der Waals surface area contributed by atoms with Gasteiger partial charge in [0.25, 0.3) is 0 Å². The Morgan fingerprint density at radius 3 is 2.58 bits per heavy atom. The Morgan fingerprint density at radius 2 is 1.90 bits per heavy atom. The Kier molecular flexibility index (Phi) is 8.14. The molecule has 1 heterocycles. The molecule has 0 aliphatic rings. The molecule has 0 saturated heterocycles. The number of aryl methyl sites for hydroxylation is 1. The van der Waals surface area contributed by atoms with Crippen LogP contribution in [-0.2, 0) is 17.8 Å². The van der Waals surface area contributed by atoms with Crippen LogP contribution in [0.4, 0.5) is 0 Å². The van der Waals surface area contributed by atoms with Crippen molar-refractivity contribution in [3.05, 3.63) is 70.5 Å². The van der Waals surface area contributed by atoms with E-state index in [1.54, 1.807) is 4.57 Å². The molecule has 0 radical (unpaired) electrons. The number of H-pyrrole nitrogens is 1. The maximum atomic E-state index is 12.8. The largest absolute Gasteiger partial charge is 0.353 e. The second-order valence-corrected chi connectivity index (χ2v) is 8.06. The summed E-state index contributed by atoms with van der Waals surface area (Å²) in [6.45, 7) is 8.93. The van der Waals surface area contributed by atoms with Gasteiger partial charge in [-0.15, -0.1) is 0 Å². The van der Waals surface area contributed by atoms with E-state index in [9.17, 15) is 4.79 Å². The van der Waals surface area contributed by atoms with Gasteiger partial charge in [-0.05, 0) is 50.3 Å². The van der Waals surface area contributed by atoms with Gasteiger partial charge in [0, 0.05) is 18.2 Å². The Labute approximate surface area is 189 Å². The van der Waals surface area contributed by atoms with Crippen LogP contribution in [0, 0.1) is 11.7 Å². The normalized spacial score (nSPS) is 12.1. The van der Waals surface area contributed by atoms with Crippen molar-refractivity contribution in [3.63, 3.8) is 0 Å². The summed E-state index contributed by atoms with van der Waals surface area (Å²) in [4.78, 5) is 15.2. The quantitative estimate of drug-likeness (QED) is 0.471. The fourth-order valence-electron chi connectivity index (χ4n) is 3.86. The van der Waals surface area contributed by atoms with E-state index in [1.807, 2.05) is 37.3 Å². The van der Waals surface area contributed by atoms with Gasteiger partial charge in [0.15, 0.2) is 10.6 Å². The number of carbonyl (C=O) groups excluding carboxylic acids is 1. The van der Waals surface area contributed by atoms with Crippen LogP contribution in [0.1, 0.15) is 25.0 Å². The van der Waals surface area contributed by atoms with Crippen molar-refractivity contribution < 1.29 is 4.79 Å².